The van der Waals surface area contributed by atoms with E-state index in [9.17, 15) is 4.79 Å². The van der Waals surface area contributed by atoms with E-state index in [4.69, 9.17) is 0 Å². The van der Waals surface area contributed by atoms with E-state index >= 15 is 0 Å². The van der Waals surface area contributed by atoms with Crippen LogP contribution in [-0.2, 0) is 0 Å². The van der Waals surface area contributed by atoms with E-state index in [0.29, 0.717) is 5.69 Å². The number of aromatic nitrogens is 1. The van der Waals surface area contributed by atoms with Crippen LogP contribution in [-0.4, -0.2) is 41.3 Å². The number of nitrogens with one attached hydrogen (secondary N) is 1. The summed E-state index contributed by atoms with van der Waals surface area (Å²) in [5.41, 5.74) is 0.528. The smallest absolute Gasteiger partial charge is 0.271 e. The number of hydrogen-bond donors (Lipinski definition) is 1. The second-order valence-corrected chi connectivity index (χ2v) is 7.50. The number of carbonyl (C=O) groups excluding carboxylic acids is 1. The molecular formula is C15H17N3OS2. The van der Waals surface area contributed by atoms with Gasteiger partial charge in [0.1, 0.15) is 5.69 Å². The van der Waals surface area contributed by atoms with Gasteiger partial charge in [-0.25, -0.2) is 4.98 Å². The minimum atomic E-state index is -0.0484. The van der Waals surface area contributed by atoms with Crippen LogP contribution < -0.4 is 5.32 Å². The van der Waals surface area contributed by atoms with Gasteiger partial charge in [-0.05, 0) is 31.1 Å². The fourth-order valence-corrected chi connectivity index (χ4v) is 5.12. The van der Waals surface area contributed by atoms with E-state index in [1.807, 2.05) is 12.3 Å². The number of thioether (sulfide) groups is 1. The van der Waals surface area contributed by atoms with Crippen LogP contribution in [0.15, 0.2) is 22.5 Å². The summed E-state index contributed by atoms with van der Waals surface area (Å²) in [6.45, 7) is 2.25. The van der Waals surface area contributed by atoms with Crippen LogP contribution in [0.1, 0.15) is 23.3 Å². The summed E-state index contributed by atoms with van der Waals surface area (Å²) in [6, 6.07) is 1.93. The standard InChI is InChI=1S/C15H17N3OS2/c1-20-13-8-21-12-6-16-11(5-10(12)13)15(19)17-14-4-9-2-3-18(14)7-9/h5-6,8-9,14H,2-4,7H2,1H3,(H,17,19). The third kappa shape index (κ3) is 2.35. The molecule has 0 radical (unpaired) electrons. The number of nitrogens with zero attached hydrogens (tertiary/aromatic N) is 2. The molecule has 1 N–H and O–H groups in total. The van der Waals surface area contributed by atoms with Gasteiger partial charge < -0.3 is 5.32 Å². The molecule has 0 aromatic carbocycles. The van der Waals surface area contributed by atoms with Gasteiger partial charge in [-0.15, -0.1) is 23.1 Å². The fraction of sp³-hybridized carbons (Fsp3) is 0.467. The Kier molecular flexibility index (Phi) is 3.40. The predicted octanol–water partition coefficient (Wildman–Crippen LogP) is 2.80. The van der Waals surface area contributed by atoms with E-state index in [1.165, 1.54) is 11.3 Å². The molecule has 0 spiro atoms. The van der Waals surface area contributed by atoms with Crippen molar-refractivity contribution < 1.29 is 4.79 Å². The summed E-state index contributed by atoms with van der Waals surface area (Å²) < 4.78 is 1.14. The lowest BCUT2D eigenvalue weighted by molar-refractivity contribution is 0.0878. The highest BCUT2D eigenvalue weighted by atomic mass is 32.2. The van der Waals surface area contributed by atoms with Gasteiger partial charge in [-0.1, -0.05) is 0 Å². The zero-order chi connectivity index (χ0) is 14.4. The van der Waals surface area contributed by atoms with Gasteiger partial charge in [0.25, 0.3) is 5.91 Å². The van der Waals surface area contributed by atoms with Crippen molar-refractivity contribution in [2.45, 2.75) is 23.9 Å². The molecule has 4 heterocycles. The largest absolute Gasteiger partial charge is 0.335 e. The predicted molar refractivity (Wildman–Crippen MR) is 87.0 cm³/mol. The molecule has 21 heavy (non-hydrogen) atoms. The number of hydrogen-bond acceptors (Lipinski definition) is 5. The van der Waals surface area contributed by atoms with Crippen LogP contribution in [0.2, 0.25) is 0 Å². The second-order valence-electron chi connectivity index (χ2n) is 5.74. The van der Waals surface area contributed by atoms with Crippen molar-refractivity contribution >= 4 is 39.1 Å². The van der Waals surface area contributed by atoms with Crippen molar-refractivity contribution in [1.82, 2.24) is 15.2 Å². The number of pyridine rings is 1. The van der Waals surface area contributed by atoms with E-state index in [0.717, 1.165) is 35.5 Å². The maximum absolute atomic E-state index is 12.4. The molecule has 0 saturated carbocycles. The van der Waals surface area contributed by atoms with Crippen LogP contribution in [0.4, 0.5) is 0 Å². The maximum atomic E-state index is 12.4. The van der Waals surface area contributed by atoms with Crippen LogP contribution in [0.3, 0.4) is 0 Å². The Hall–Kier alpha value is -1.11. The summed E-state index contributed by atoms with van der Waals surface area (Å²) in [6.07, 6.45) is 6.45. The number of amides is 1. The minimum absolute atomic E-state index is 0.0484. The van der Waals surface area contributed by atoms with E-state index in [1.54, 1.807) is 23.1 Å². The molecule has 0 aliphatic carbocycles. The highest BCUT2D eigenvalue weighted by Gasteiger charge is 2.38. The van der Waals surface area contributed by atoms with Crippen LogP contribution >= 0.6 is 23.1 Å². The summed E-state index contributed by atoms with van der Waals surface area (Å²) in [5.74, 6) is 0.721. The highest BCUT2D eigenvalue weighted by molar-refractivity contribution is 7.99. The molecule has 110 valence electrons. The van der Waals surface area contributed by atoms with Crippen LogP contribution in [0.5, 0.6) is 0 Å². The molecule has 2 aromatic rings. The quantitative estimate of drug-likeness (QED) is 0.884. The Bertz CT molecular complexity index is 699. The van der Waals surface area contributed by atoms with Gasteiger partial charge in [-0.3, -0.25) is 9.69 Å². The van der Waals surface area contributed by atoms with Gasteiger partial charge in [0.2, 0.25) is 0 Å². The normalized spacial score (nSPS) is 27.4. The topological polar surface area (TPSA) is 45.2 Å². The first-order chi connectivity index (χ1) is 10.2. The van der Waals surface area contributed by atoms with Gasteiger partial charge in [0, 0.05) is 34.9 Å². The van der Waals surface area contributed by atoms with Crippen molar-refractivity contribution in [3.8, 4) is 0 Å². The van der Waals surface area contributed by atoms with Gasteiger partial charge in [0.15, 0.2) is 0 Å². The van der Waals surface area contributed by atoms with Crippen molar-refractivity contribution in [2.75, 3.05) is 19.3 Å². The Labute approximate surface area is 131 Å². The average Bonchev–Trinajstić information content (AvgIpc) is 3.21. The van der Waals surface area contributed by atoms with Crippen molar-refractivity contribution in [1.29, 1.82) is 0 Å². The van der Waals surface area contributed by atoms with Crippen molar-refractivity contribution in [2.24, 2.45) is 5.92 Å². The third-order valence-electron chi connectivity index (χ3n) is 4.49. The SMILES string of the molecule is CSc1csc2cnc(C(=O)NC3CC4CCN3C4)cc12. The van der Waals surface area contributed by atoms with Crippen LogP contribution in [0, 0.1) is 5.92 Å². The molecular weight excluding hydrogens is 302 g/mol. The number of fused-ring (bicyclic) bond motifs is 3. The number of carbonyl (C=O) groups is 1. The number of rotatable bonds is 3. The lowest BCUT2D eigenvalue weighted by atomic mass is 10.0. The van der Waals surface area contributed by atoms with Gasteiger partial charge in [-0.2, -0.15) is 0 Å². The third-order valence-corrected chi connectivity index (χ3v) is 6.35. The molecule has 2 fully saturated rings. The molecule has 3 atom stereocenters. The Morgan fingerprint density at radius 1 is 1.57 bits per heavy atom. The summed E-state index contributed by atoms with van der Waals surface area (Å²) in [4.78, 5) is 20.4. The minimum Gasteiger partial charge on any atom is -0.335 e. The molecule has 4 rings (SSSR count). The molecule has 1 amide bonds. The molecule has 2 bridgehead atoms. The van der Waals surface area contributed by atoms with E-state index in [2.05, 4.69) is 26.8 Å². The van der Waals surface area contributed by atoms with Gasteiger partial charge >= 0.3 is 0 Å². The van der Waals surface area contributed by atoms with Crippen molar-refractivity contribution in [3.63, 3.8) is 0 Å². The molecule has 2 saturated heterocycles. The first-order valence-corrected chi connectivity index (χ1v) is 9.31. The summed E-state index contributed by atoms with van der Waals surface area (Å²) >= 11 is 3.39. The second kappa shape index (κ2) is 5.26. The monoisotopic (exact) mass is 319 g/mol. The lowest BCUT2D eigenvalue weighted by Gasteiger charge is -2.25. The molecule has 4 nitrogen and oxygen atoms in total. The average molecular weight is 319 g/mol. The van der Waals surface area contributed by atoms with Gasteiger partial charge in [0.05, 0.1) is 10.9 Å². The number of piperidine rings is 1. The number of thiophene rings is 1. The lowest BCUT2D eigenvalue weighted by Crippen LogP contribution is -2.45. The van der Waals surface area contributed by atoms with E-state index in [-0.39, 0.29) is 12.1 Å². The zero-order valence-corrected chi connectivity index (χ0v) is 13.5. The maximum Gasteiger partial charge on any atom is 0.271 e. The highest BCUT2D eigenvalue weighted by Crippen LogP contribution is 2.33. The zero-order valence-electron chi connectivity index (χ0n) is 11.8. The summed E-state index contributed by atoms with van der Waals surface area (Å²) in [7, 11) is 0. The first-order valence-electron chi connectivity index (χ1n) is 7.21. The molecule has 2 aliphatic heterocycles. The molecule has 2 aliphatic rings. The molecule has 6 heteroatoms. The van der Waals surface area contributed by atoms with Crippen LogP contribution in [0.25, 0.3) is 10.1 Å². The molecule has 3 unspecified atom stereocenters. The fourth-order valence-electron chi connectivity index (χ4n) is 3.37. The van der Waals surface area contributed by atoms with E-state index < -0.39 is 0 Å². The van der Waals surface area contributed by atoms with Crippen molar-refractivity contribution in [3.05, 3.63) is 23.3 Å². The Balaban J connectivity index is 1.56. The Morgan fingerprint density at radius 3 is 3.19 bits per heavy atom. The first kappa shape index (κ1) is 13.5. The Morgan fingerprint density at radius 2 is 2.48 bits per heavy atom. The summed E-state index contributed by atoms with van der Waals surface area (Å²) in [5, 5.41) is 6.41. The molecule has 2 aromatic heterocycles.